The summed E-state index contributed by atoms with van der Waals surface area (Å²) in [4.78, 5) is 12.1. The first-order chi connectivity index (χ1) is 18.0. The van der Waals surface area contributed by atoms with Crippen molar-refractivity contribution < 1.29 is 5.11 Å². The van der Waals surface area contributed by atoms with E-state index in [1.54, 1.807) is 0 Å². The van der Waals surface area contributed by atoms with Crippen LogP contribution in [0.2, 0.25) is 0 Å². The molecule has 7 heteroatoms. The van der Waals surface area contributed by atoms with Gasteiger partial charge in [-0.3, -0.25) is 0 Å². The minimum Gasteiger partial charge on any atom is -0.393 e. The van der Waals surface area contributed by atoms with Crippen molar-refractivity contribution in [3.05, 3.63) is 36.7 Å². The Bertz CT molecular complexity index is 1150. The van der Waals surface area contributed by atoms with Crippen LogP contribution in [0.5, 0.6) is 0 Å². The van der Waals surface area contributed by atoms with Gasteiger partial charge in [-0.1, -0.05) is 25.5 Å². The van der Waals surface area contributed by atoms with E-state index in [9.17, 15) is 5.11 Å². The van der Waals surface area contributed by atoms with Crippen LogP contribution in [0.1, 0.15) is 77.7 Å². The van der Waals surface area contributed by atoms with E-state index in [0.717, 1.165) is 56.1 Å². The highest BCUT2D eigenvalue weighted by Gasteiger charge is 2.24. The SMILES string of the molecule is CCC[C@H](C)Nc1ncc2c(-c3ccc(NC4CCCN(C)CC4)cc3)cn([C@H]3CC[C@H](O)CC3)c2n1. The molecule has 1 saturated carbocycles. The van der Waals surface area contributed by atoms with Gasteiger partial charge >= 0.3 is 0 Å². The van der Waals surface area contributed by atoms with Crippen LogP contribution >= 0.6 is 0 Å². The fourth-order valence-corrected chi connectivity index (χ4v) is 6.04. The number of likely N-dealkylation sites (tertiary alicyclic amines) is 1. The fraction of sp³-hybridized carbons (Fsp3) is 0.600. The molecule has 1 aromatic carbocycles. The van der Waals surface area contributed by atoms with Gasteiger partial charge in [0, 0.05) is 47.2 Å². The first-order valence-corrected chi connectivity index (χ1v) is 14.4. The second-order valence-corrected chi connectivity index (χ2v) is 11.3. The van der Waals surface area contributed by atoms with E-state index in [0.29, 0.717) is 24.1 Å². The van der Waals surface area contributed by atoms with Gasteiger partial charge in [-0.05, 0) is 96.1 Å². The number of nitrogens with one attached hydrogen (secondary N) is 2. The molecule has 2 aromatic heterocycles. The maximum Gasteiger partial charge on any atom is 0.224 e. The minimum absolute atomic E-state index is 0.173. The second-order valence-electron chi connectivity index (χ2n) is 11.3. The van der Waals surface area contributed by atoms with Gasteiger partial charge in [-0.25, -0.2) is 4.98 Å². The van der Waals surface area contributed by atoms with Crippen LogP contribution in [0.4, 0.5) is 11.6 Å². The zero-order chi connectivity index (χ0) is 25.8. The number of fused-ring (bicyclic) bond motifs is 1. The van der Waals surface area contributed by atoms with Crippen LogP contribution in [0, 0.1) is 0 Å². The van der Waals surface area contributed by atoms with Gasteiger partial charge in [0.15, 0.2) is 0 Å². The van der Waals surface area contributed by atoms with Gasteiger partial charge in [-0.2, -0.15) is 4.98 Å². The highest BCUT2D eigenvalue weighted by Crippen LogP contribution is 2.37. The normalized spacial score (nSPS) is 24.1. The van der Waals surface area contributed by atoms with Crippen molar-refractivity contribution in [1.29, 1.82) is 0 Å². The summed E-state index contributed by atoms with van der Waals surface area (Å²) in [6.07, 6.45) is 13.6. The number of rotatable bonds is 8. The van der Waals surface area contributed by atoms with Crippen LogP contribution < -0.4 is 10.6 Å². The summed E-state index contributed by atoms with van der Waals surface area (Å²) < 4.78 is 2.35. The Kier molecular flexibility index (Phi) is 8.30. The van der Waals surface area contributed by atoms with Crippen LogP contribution in [-0.4, -0.2) is 62.9 Å². The summed E-state index contributed by atoms with van der Waals surface area (Å²) in [5, 5.41) is 18.4. The first-order valence-electron chi connectivity index (χ1n) is 14.4. The number of hydrogen-bond acceptors (Lipinski definition) is 6. The molecule has 0 bridgehead atoms. The van der Waals surface area contributed by atoms with Crippen LogP contribution in [0.15, 0.2) is 36.7 Å². The molecule has 1 aliphatic heterocycles. The molecule has 2 atom stereocenters. The smallest absolute Gasteiger partial charge is 0.224 e. The molecule has 0 amide bonds. The van der Waals surface area contributed by atoms with Crippen molar-refractivity contribution in [2.45, 2.75) is 95.9 Å². The third kappa shape index (κ3) is 6.27. The maximum atomic E-state index is 10.1. The summed E-state index contributed by atoms with van der Waals surface area (Å²) in [5.41, 5.74) is 4.55. The van der Waals surface area contributed by atoms with Gasteiger partial charge in [-0.15, -0.1) is 0 Å². The number of aliphatic hydroxyl groups is 1. The van der Waals surface area contributed by atoms with Crippen molar-refractivity contribution in [1.82, 2.24) is 19.4 Å². The van der Waals surface area contributed by atoms with Crippen molar-refractivity contribution in [2.75, 3.05) is 30.8 Å². The Morgan fingerprint density at radius 3 is 2.59 bits per heavy atom. The molecular formula is C30H44N6O. The molecule has 1 aliphatic carbocycles. The number of aromatic nitrogens is 3. The average molecular weight is 505 g/mol. The van der Waals surface area contributed by atoms with E-state index in [4.69, 9.17) is 9.97 Å². The molecule has 1 unspecified atom stereocenters. The molecule has 7 nitrogen and oxygen atoms in total. The standard InChI is InChI=1S/C30H44N6O/c1-4-6-21(2)32-30-31-19-27-28(20-36(29(27)34-30)25-12-14-26(37)15-13-25)22-8-10-24(11-9-22)33-23-7-5-17-35(3)18-16-23/h8-11,19-21,23,25-26,33,37H,4-7,12-18H2,1-3H3,(H,31,32,34)/t21-,23?,25-,26-/m0/s1. The molecule has 37 heavy (non-hydrogen) atoms. The molecule has 3 heterocycles. The Hall–Kier alpha value is -2.64. The zero-order valence-corrected chi connectivity index (χ0v) is 22.8. The minimum atomic E-state index is -0.173. The number of aliphatic hydroxyl groups excluding tert-OH is 1. The van der Waals surface area contributed by atoms with E-state index in [1.807, 2.05) is 6.20 Å². The third-order valence-corrected chi connectivity index (χ3v) is 8.25. The van der Waals surface area contributed by atoms with Crippen molar-refractivity contribution in [3.63, 3.8) is 0 Å². The quantitative estimate of drug-likeness (QED) is 0.346. The van der Waals surface area contributed by atoms with Crippen LogP contribution in [-0.2, 0) is 0 Å². The van der Waals surface area contributed by atoms with Crippen LogP contribution in [0.3, 0.4) is 0 Å². The lowest BCUT2D eigenvalue weighted by Gasteiger charge is -2.27. The van der Waals surface area contributed by atoms with E-state index >= 15 is 0 Å². The van der Waals surface area contributed by atoms with E-state index < -0.39 is 0 Å². The van der Waals surface area contributed by atoms with Crippen molar-refractivity contribution in [2.24, 2.45) is 0 Å². The predicted octanol–water partition coefficient (Wildman–Crippen LogP) is 6.07. The van der Waals surface area contributed by atoms with E-state index in [-0.39, 0.29) is 6.10 Å². The summed E-state index contributed by atoms with van der Waals surface area (Å²) in [7, 11) is 2.22. The molecular weight excluding hydrogens is 460 g/mol. The molecule has 3 aromatic rings. The van der Waals surface area contributed by atoms with Gasteiger partial charge in [0.1, 0.15) is 5.65 Å². The summed E-state index contributed by atoms with van der Waals surface area (Å²) in [6.45, 7) is 6.74. The number of benzene rings is 1. The molecule has 0 spiro atoms. The van der Waals surface area contributed by atoms with Gasteiger partial charge < -0.3 is 25.2 Å². The Morgan fingerprint density at radius 1 is 1.05 bits per heavy atom. The Balaban J connectivity index is 1.42. The lowest BCUT2D eigenvalue weighted by molar-refractivity contribution is 0.111. The molecule has 2 fully saturated rings. The molecule has 2 aliphatic rings. The van der Waals surface area contributed by atoms with Gasteiger partial charge in [0.2, 0.25) is 5.95 Å². The highest BCUT2D eigenvalue weighted by atomic mass is 16.3. The highest BCUT2D eigenvalue weighted by molar-refractivity contribution is 5.94. The lowest BCUT2D eigenvalue weighted by atomic mass is 9.93. The van der Waals surface area contributed by atoms with E-state index in [2.05, 4.69) is 71.5 Å². The third-order valence-electron chi connectivity index (χ3n) is 8.25. The van der Waals surface area contributed by atoms with Crippen molar-refractivity contribution >= 4 is 22.7 Å². The first kappa shape index (κ1) is 26.0. The van der Waals surface area contributed by atoms with Gasteiger partial charge in [0.05, 0.1) is 6.10 Å². The Morgan fingerprint density at radius 2 is 1.84 bits per heavy atom. The lowest BCUT2D eigenvalue weighted by Crippen LogP contribution is -2.22. The molecule has 200 valence electrons. The molecule has 3 N–H and O–H groups in total. The monoisotopic (exact) mass is 504 g/mol. The molecule has 0 radical (unpaired) electrons. The molecule has 1 saturated heterocycles. The van der Waals surface area contributed by atoms with Gasteiger partial charge in [0.25, 0.3) is 0 Å². The predicted molar refractivity (Wildman–Crippen MR) is 153 cm³/mol. The Labute approximate surface area is 221 Å². The fourth-order valence-electron chi connectivity index (χ4n) is 6.04. The maximum absolute atomic E-state index is 10.1. The number of nitrogens with zero attached hydrogens (tertiary/aromatic N) is 4. The number of hydrogen-bond donors (Lipinski definition) is 3. The zero-order valence-electron chi connectivity index (χ0n) is 22.8. The second kappa shape index (κ2) is 11.8. The summed E-state index contributed by atoms with van der Waals surface area (Å²) in [6, 6.07) is 10.1. The summed E-state index contributed by atoms with van der Waals surface area (Å²) in [5.74, 6) is 0.698. The van der Waals surface area contributed by atoms with Crippen LogP contribution in [0.25, 0.3) is 22.2 Å². The van der Waals surface area contributed by atoms with Crippen molar-refractivity contribution in [3.8, 4) is 11.1 Å². The largest absolute Gasteiger partial charge is 0.393 e. The van der Waals surface area contributed by atoms with E-state index in [1.165, 1.54) is 42.6 Å². The molecule has 5 rings (SSSR count). The number of anilines is 2. The topological polar surface area (TPSA) is 78.2 Å². The average Bonchev–Trinajstić information content (AvgIpc) is 3.14. The summed E-state index contributed by atoms with van der Waals surface area (Å²) >= 11 is 0.